The topological polar surface area (TPSA) is 85.7 Å². The van der Waals surface area contributed by atoms with E-state index in [2.05, 4.69) is 17.5 Å². The summed E-state index contributed by atoms with van der Waals surface area (Å²) < 4.78 is 19.5. The number of nitrogens with one attached hydrogen (secondary N) is 1. The van der Waals surface area contributed by atoms with Crippen LogP contribution in [0.2, 0.25) is 0 Å². The number of likely N-dealkylation sites (tertiary alicyclic amines) is 2. The molecule has 1 N–H and O–H groups in total. The van der Waals surface area contributed by atoms with Crippen molar-refractivity contribution in [3.63, 3.8) is 0 Å². The molecule has 2 aliphatic heterocycles. The zero-order valence-electron chi connectivity index (χ0n) is 24.2. The second kappa shape index (κ2) is 13.2. The van der Waals surface area contributed by atoms with E-state index in [1.54, 1.807) is 14.0 Å². The predicted octanol–water partition coefficient (Wildman–Crippen LogP) is 5.11. The fourth-order valence-corrected chi connectivity index (χ4v) is 6.22. The summed E-state index contributed by atoms with van der Waals surface area (Å²) in [7, 11) is 1.66. The van der Waals surface area contributed by atoms with Gasteiger partial charge in [-0.3, -0.25) is 9.59 Å². The maximum Gasteiger partial charge on any atom is 0.225 e. The van der Waals surface area contributed by atoms with Crippen LogP contribution in [-0.2, 0) is 16.1 Å². The minimum Gasteiger partial charge on any atom is -0.496 e. The van der Waals surface area contributed by atoms with Gasteiger partial charge in [0.1, 0.15) is 11.6 Å². The van der Waals surface area contributed by atoms with Crippen LogP contribution >= 0.6 is 0 Å². The summed E-state index contributed by atoms with van der Waals surface area (Å²) in [4.78, 5) is 29.1. The Morgan fingerprint density at radius 2 is 1.62 bits per heavy atom. The molecule has 8 heteroatoms. The van der Waals surface area contributed by atoms with Crippen LogP contribution < -0.4 is 10.1 Å². The molecule has 2 fully saturated rings. The summed E-state index contributed by atoms with van der Waals surface area (Å²) in [6.45, 7) is 4.57. The van der Waals surface area contributed by atoms with Gasteiger partial charge in [0.05, 0.1) is 18.7 Å². The number of ether oxygens (including phenoxy) is 1. The van der Waals surface area contributed by atoms with E-state index in [1.807, 2.05) is 58.3 Å². The summed E-state index contributed by atoms with van der Waals surface area (Å²) in [5.41, 5.74) is 4.67. The van der Waals surface area contributed by atoms with E-state index in [9.17, 15) is 14.0 Å². The van der Waals surface area contributed by atoms with Crippen LogP contribution in [0.25, 0.3) is 11.1 Å². The number of hydrogen-bond acceptors (Lipinski definition) is 5. The molecule has 0 aliphatic carbocycles. The second-order valence-electron chi connectivity index (χ2n) is 11.2. The number of carbonyl (C=O) groups excluding carboxylic acids is 2. The Balaban J connectivity index is 1.32. The highest BCUT2D eigenvalue weighted by Crippen LogP contribution is 2.32. The molecule has 3 aromatic carbocycles. The second-order valence-corrected chi connectivity index (χ2v) is 11.2. The van der Waals surface area contributed by atoms with Gasteiger partial charge < -0.3 is 19.9 Å². The molecule has 0 unspecified atom stereocenters. The summed E-state index contributed by atoms with van der Waals surface area (Å²) in [6.07, 6.45) is 2.14. The molecule has 5 rings (SSSR count). The predicted molar refractivity (Wildman–Crippen MR) is 159 cm³/mol. The monoisotopic (exact) mass is 568 g/mol. The molecule has 7 nitrogen and oxygen atoms in total. The lowest BCUT2D eigenvalue weighted by Gasteiger charge is -2.42. The van der Waals surface area contributed by atoms with Crippen molar-refractivity contribution in [2.75, 3.05) is 33.3 Å². The Morgan fingerprint density at radius 1 is 0.952 bits per heavy atom. The van der Waals surface area contributed by atoms with Gasteiger partial charge in [-0.15, -0.1) is 0 Å². The van der Waals surface area contributed by atoms with Gasteiger partial charge in [0, 0.05) is 63.1 Å². The molecule has 3 aromatic rings. The van der Waals surface area contributed by atoms with Crippen LogP contribution in [0.3, 0.4) is 0 Å². The SMILES string of the molecule is COc1ccc(-c2ccc(C#N)cc2)cc1CN[C@H]1CCN(C(=O)C2CCN(C(C)=O)CC2)C[C@H]1c1ccc(F)cc1. The molecule has 2 amide bonds. The number of halogens is 1. The van der Waals surface area contributed by atoms with Crippen molar-refractivity contribution in [3.8, 4) is 22.9 Å². The molecule has 2 aliphatic rings. The minimum atomic E-state index is -0.284. The molecule has 2 atom stereocenters. The number of piperidine rings is 2. The van der Waals surface area contributed by atoms with Gasteiger partial charge >= 0.3 is 0 Å². The molecule has 0 bridgehead atoms. The summed E-state index contributed by atoms with van der Waals surface area (Å²) in [6, 6.07) is 22.4. The first-order valence-electron chi connectivity index (χ1n) is 14.6. The quantitative estimate of drug-likeness (QED) is 0.429. The minimum absolute atomic E-state index is 0.00619. The fourth-order valence-electron chi connectivity index (χ4n) is 6.22. The molecule has 0 spiro atoms. The molecular formula is C34H37FN4O3. The van der Waals surface area contributed by atoms with E-state index in [-0.39, 0.29) is 35.5 Å². The van der Waals surface area contributed by atoms with Crippen molar-refractivity contribution in [3.05, 3.63) is 89.2 Å². The highest BCUT2D eigenvalue weighted by Gasteiger charge is 2.36. The Hall–Kier alpha value is -4.22. The molecule has 218 valence electrons. The molecule has 0 aromatic heterocycles. The Labute approximate surface area is 246 Å². The van der Waals surface area contributed by atoms with Crippen molar-refractivity contribution < 1.29 is 18.7 Å². The first-order valence-corrected chi connectivity index (χ1v) is 14.6. The molecule has 0 radical (unpaired) electrons. The molecule has 2 saturated heterocycles. The van der Waals surface area contributed by atoms with Gasteiger partial charge in [0.15, 0.2) is 0 Å². The fraction of sp³-hybridized carbons (Fsp3) is 0.382. The van der Waals surface area contributed by atoms with Gasteiger partial charge in [0.2, 0.25) is 11.8 Å². The van der Waals surface area contributed by atoms with Gasteiger partial charge in [-0.05, 0) is 72.4 Å². The summed E-state index contributed by atoms with van der Waals surface area (Å²) >= 11 is 0. The number of rotatable bonds is 7. The average Bonchev–Trinajstić information content (AvgIpc) is 3.03. The first-order chi connectivity index (χ1) is 20.4. The highest BCUT2D eigenvalue weighted by molar-refractivity contribution is 5.80. The largest absolute Gasteiger partial charge is 0.496 e. The number of nitriles is 1. The van der Waals surface area contributed by atoms with E-state index in [0.717, 1.165) is 34.4 Å². The van der Waals surface area contributed by atoms with Crippen molar-refractivity contribution in [2.45, 2.75) is 44.7 Å². The molecular weight excluding hydrogens is 531 g/mol. The standard InChI is InChI=1S/C34H37FN4O3/c1-23(40)38-16-13-27(14-17-38)34(41)39-18-15-32(31(22-39)26-7-10-30(35)11-8-26)37-21-29-19-28(9-12-33(29)42-2)25-5-3-24(20-36)4-6-25/h3-12,19,27,31-32,37H,13-18,21-22H2,1-2H3/t31-,32-/m0/s1. The number of nitrogens with zero attached hydrogens (tertiary/aromatic N) is 3. The summed E-state index contributed by atoms with van der Waals surface area (Å²) in [5.74, 6) is 0.627. The van der Waals surface area contributed by atoms with Crippen LogP contribution in [0.4, 0.5) is 4.39 Å². The lowest BCUT2D eigenvalue weighted by atomic mass is 9.84. The van der Waals surface area contributed by atoms with Crippen molar-refractivity contribution in [2.24, 2.45) is 5.92 Å². The van der Waals surface area contributed by atoms with Crippen molar-refractivity contribution in [1.82, 2.24) is 15.1 Å². The maximum atomic E-state index is 13.8. The van der Waals surface area contributed by atoms with Crippen molar-refractivity contribution >= 4 is 11.8 Å². The third-order valence-electron chi connectivity index (χ3n) is 8.69. The van der Waals surface area contributed by atoms with Crippen LogP contribution in [0, 0.1) is 23.1 Å². The summed E-state index contributed by atoms with van der Waals surface area (Å²) in [5, 5.41) is 12.9. The smallest absolute Gasteiger partial charge is 0.225 e. The Morgan fingerprint density at radius 3 is 2.26 bits per heavy atom. The van der Waals surface area contributed by atoms with E-state index in [4.69, 9.17) is 10.00 Å². The van der Waals surface area contributed by atoms with E-state index < -0.39 is 0 Å². The van der Waals surface area contributed by atoms with Crippen LogP contribution in [-0.4, -0.2) is 60.9 Å². The van der Waals surface area contributed by atoms with Gasteiger partial charge in [-0.25, -0.2) is 4.39 Å². The van der Waals surface area contributed by atoms with Gasteiger partial charge in [-0.2, -0.15) is 5.26 Å². The van der Waals surface area contributed by atoms with E-state index >= 15 is 0 Å². The van der Waals surface area contributed by atoms with Gasteiger partial charge in [-0.1, -0.05) is 30.3 Å². The lowest BCUT2D eigenvalue weighted by Crippen LogP contribution is -2.52. The Kier molecular flexibility index (Phi) is 9.19. The number of amides is 2. The number of carbonyl (C=O) groups is 2. The maximum absolute atomic E-state index is 13.8. The van der Waals surface area contributed by atoms with Crippen molar-refractivity contribution in [1.29, 1.82) is 5.26 Å². The lowest BCUT2D eigenvalue weighted by molar-refractivity contribution is -0.141. The highest BCUT2D eigenvalue weighted by atomic mass is 19.1. The first kappa shape index (κ1) is 29.3. The third kappa shape index (κ3) is 6.63. The van der Waals surface area contributed by atoms with Gasteiger partial charge in [0.25, 0.3) is 0 Å². The van der Waals surface area contributed by atoms with Crippen LogP contribution in [0.15, 0.2) is 66.7 Å². The average molecular weight is 569 g/mol. The number of hydrogen-bond donors (Lipinski definition) is 1. The van der Waals surface area contributed by atoms with Crippen LogP contribution in [0.1, 0.15) is 48.8 Å². The zero-order valence-corrected chi connectivity index (χ0v) is 24.2. The number of methoxy groups -OCH3 is 1. The zero-order chi connectivity index (χ0) is 29.6. The van der Waals surface area contributed by atoms with E-state index in [1.165, 1.54) is 12.1 Å². The number of benzene rings is 3. The molecule has 2 heterocycles. The third-order valence-corrected chi connectivity index (χ3v) is 8.69. The molecule has 42 heavy (non-hydrogen) atoms. The molecule has 0 saturated carbocycles. The van der Waals surface area contributed by atoms with Crippen LogP contribution in [0.5, 0.6) is 5.75 Å². The normalized spacial score (nSPS) is 19.3. The van der Waals surface area contributed by atoms with E-state index in [0.29, 0.717) is 51.1 Å². The Bertz CT molecular complexity index is 1440.